The van der Waals surface area contributed by atoms with Crippen LogP contribution < -0.4 is 4.74 Å². The molecule has 0 aromatic heterocycles. The van der Waals surface area contributed by atoms with Gasteiger partial charge >= 0.3 is 6.18 Å². The number of alkyl halides is 3. The maximum atomic E-state index is 12.9. The van der Waals surface area contributed by atoms with Gasteiger partial charge in [0.2, 0.25) is 0 Å². The number of piperazine rings is 1. The second-order valence-electron chi connectivity index (χ2n) is 10.9. The van der Waals surface area contributed by atoms with Crippen molar-refractivity contribution in [3.05, 3.63) is 64.2 Å². The monoisotopic (exact) mass is 545 g/mol. The molecule has 2 aromatic rings. The Kier molecular flexibility index (Phi) is 9.94. The van der Waals surface area contributed by atoms with E-state index >= 15 is 0 Å². The Labute approximate surface area is 230 Å². The summed E-state index contributed by atoms with van der Waals surface area (Å²) in [6, 6.07) is 8.92. The molecule has 39 heavy (non-hydrogen) atoms. The Bertz CT molecular complexity index is 1090. The van der Waals surface area contributed by atoms with Gasteiger partial charge in [-0.05, 0) is 113 Å². The number of halogens is 3. The summed E-state index contributed by atoms with van der Waals surface area (Å²) in [6.07, 6.45) is 1.85. The molecular weight excluding hydrogens is 503 g/mol. The highest BCUT2D eigenvalue weighted by Crippen LogP contribution is 2.32. The van der Waals surface area contributed by atoms with Crippen LogP contribution in [0.1, 0.15) is 77.7 Å². The molecule has 1 unspecified atom stereocenters. The van der Waals surface area contributed by atoms with Crippen molar-refractivity contribution in [3.8, 4) is 5.75 Å². The van der Waals surface area contributed by atoms with Crippen molar-refractivity contribution >= 4 is 5.91 Å². The first kappa shape index (κ1) is 29.4. The number of unbranched alkanes of at least 4 members (excludes halogenated alkanes) is 1. The van der Waals surface area contributed by atoms with E-state index in [1.807, 2.05) is 0 Å². The molecule has 2 aliphatic rings. The van der Waals surface area contributed by atoms with E-state index in [0.29, 0.717) is 26.2 Å². The van der Waals surface area contributed by atoms with Gasteiger partial charge in [0, 0.05) is 37.8 Å². The van der Waals surface area contributed by atoms with Gasteiger partial charge in [-0.25, -0.2) is 0 Å². The molecule has 2 saturated heterocycles. The van der Waals surface area contributed by atoms with Gasteiger partial charge < -0.3 is 14.5 Å². The third-order valence-electron chi connectivity index (χ3n) is 8.41. The molecule has 0 bridgehead atoms. The summed E-state index contributed by atoms with van der Waals surface area (Å²) < 4.78 is 44.7. The van der Waals surface area contributed by atoms with Crippen molar-refractivity contribution < 1.29 is 22.7 Å². The lowest BCUT2D eigenvalue weighted by Gasteiger charge is -2.39. The van der Waals surface area contributed by atoms with Gasteiger partial charge in [0.05, 0.1) is 12.2 Å². The van der Waals surface area contributed by atoms with Crippen LogP contribution in [0.4, 0.5) is 13.2 Å². The summed E-state index contributed by atoms with van der Waals surface area (Å²) in [6.45, 7) is 13.3. The third-order valence-corrected chi connectivity index (χ3v) is 8.41. The molecule has 8 heteroatoms. The molecule has 1 amide bonds. The van der Waals surface area contributed by atoms with E-state index < -0.39 is 11.7 Å². The van der Waals surface area contributed by atoms with E-state index in [9.17, 15) is 18.0 Å². The highest BCUT2D eigenvalue weighted by molar-refractivity contribution is 5.94. The van der Waals surface area contributed by atoms with Gasteiger partial charge in [0.25, 0.3) is 5.91 Å². The van der Waals surface area contributed by atoms with Gasteiger partial charge in [-0.2, -0.15) is 13.2 Å². The molecule has 0 radical (unpaired) electrons. The quantitative estimate of drug-likeness (QED) is 0.338. The maximum absolute atomic E-state index is 12.9. The molecule has 1 atom stereocenters. The van der Waals surface area contributed by atoms with E-state index in [0.717, 1.165) is 30.9 Å². The number of hydrogen-bond acceptors (Lipinski definition) is 4. The minimum atomic E-state index is -4.41. The Hall–Kier alpha value is -2.58. The first-order chi connectivity index (χ1) is 18.6. The zero-order valence-electron chi connectivity index (χ0n) is 23.5. The van der Waals surface area contributed by atoms with Gasteiger partial charge in [0.1, 0.15) is 5.75 Å². The molecule has 0 saturated carbocycles. The van der Waals surface area contributed by atoms with Crippen molar-refractivity contribution in [3.63, 3.8) is 0 Å². The van der Waals surface area contributed by atoms with E-state index in [-0.39, 0.29) is 17.5 Å². The second-order valence-corrected chi connectivity index (χ2v) is 10.9. The van der Waals surface area contributed by atoms with Crippen LogP contribution in [-0.2, 0) is 6.18 Å². The largest absolute Gasteiger partial charge is 0.493 e. The van der Waals surface area contributed by atoms with Gasteiger partial charge in [-0.3, -0.25) is 9.69 Å². The topological polar surface area (TPSA) is 36.0 Å². The number of carbonyl (C=O) groups is 1. The lowest BCUT2D eigenvalue weighted by atomic mass is 9.96. The van der Waals surface area contributed by atoms with Crippen LogP contribution in [0.2, 0.25) is 0 Å². The van der Waals surface area contributed by atoms with Crippen molar-refractivity contribution in [2.45, 2.75) is 65.1 Å². The minimum absolute atomic E-state index is 0.186. The number of rotatable bonds is 9. The van der Waals surface area contributed by atoms with Crippen molar-refractivity contribution in [1.82, 2.24) is 14.7 Å². The molecule has 2 fully saturated rings. The lowest BCUT2D eigenvalue weighted by molar-refractivity contribution is -0.137. The Morgan fingerprint density at radius 3 is 2.18 bits per heavy atom. The van der Waals surface area contributed by atoms with E-state index in [4.69, 9.17) is 4.74 Å². The number of benzene rings is 2. The van der Waals surface area contributed by atoms with Gasteiger partial charge in [-0.1, -0.05) is 12.5 Å². The summed E-state index contributed by atoms with van der Waals surface area (Å²) in [5, 5.41) is 0. The normalized spacial score (nSPS) is 18.3. The van der Waals surface area contributed by atoms with E-state index in [2.05, 4.69) is 42.7 Å². The number of likely N-dealkylation sites (tertiary alicyclic amines) is 1. The summed E-state index contributed by atoms with van der Waals surface area (Å²) >= 11 is 0. The molecule has 0 spiro atoms. The molecule has 2 heterocycles. The fourth-order valence-electron chi connectivity index (χ4n) is 5.72. The molecule has 0 N–H and O–H groups in total. The summed E-state index contributed by atoms with van der Waals surface area (Å²) in [4.78, 5) is 19.5. The predicted octanol–water partition coefficient (Wildman–Crippen LogP) is 6.49. The standard InChI is InChI=1S/C31H42F3N3O2/c1-23-24(2)29(39-22-8-7-17-35-15-5-4-6-16-35)14-13-28(23)25(3)36-18-20-37(21-19-36)30(38)26-9-11-27(12-10-26)31(32,33)34/h9-14,25H,4-8,15-22H2,1-3H3. The van der Waals surface area contributed by atoms with Crippen molar-refractivity contribution in [1.29, 1.82) is 0 Å². The van der Waals surface area contributed by atoms with Crippen LogP contribution in [0.25, 0.3) is 0 Å². The molecule has 2 aromatic carbocycles. The minimum Gasteiger partial charge on any atom is -0.493 e. The van der Waals surface area contributed by atoms with E-state index in [1.165, 1.54) is 74.1 Å². The zero-order valence-corrected chi connectivity index (χ0v) is 23.5. The Morgan fingerprint density at radius 1 is 0.872 bits per heavy atom. The third kappa shape index (κ3) is 7.54. The number of piperidine rings is 1. The van der Waals surface area contributed by atoms with Crippen LogP contribution in [0.15, 0.2) is 36.4 Å². The predicted molar refractivity (Wildman–Crippen MR) is 148 cm³/mol. The number of amides is 1. The highest BCUT2D eigenvalue weighted by atomic mass is 19.4. The average Bonchev–Trinajstić information content (AvgIpc) is 2.94. The molecular formula is C31H42F3N3O2. The average molecular weight is 546 g/mol. The number of hydrogen-bond donors (Lipinski definition) is 0. The molecule has 214 valence electrons. The first-order valence-corrected chi connectivity index (χ1v) is 14.3. The fourth-order valence-corrected chi connectivity index (χ4v) is 5.72. The van der Waals surface area contributed by atoms with E-state index in [1.54, 1.807) is 4.90 Å². The maximum Gasteiger partial charge on any atom is 0.416 e. The van der Waals surface area contributed by atoms with Crippen LogP contribution in [0, 0.1) is 13.8 Å². The molecule has 0 aliphatic carbocycles. The van der Waals surface area contributed by atoms with Crippen LogP contribution >= 0.6 is 0 Å². The number of nitrogens with zero attached hydrogens (tertiary/aromatic N) is 3. The Balaban J connectivity index is 1.26. The Morgan fingerprint density at radius 2 is 1.54 bits per heavy atom. The summed E-state index contributed by atoms with van der Waals surface area (Å²) in [5.74, 6) is 0.730. The number of ether oxygens (including phenoxy) is 1. The molecule has 5 nitrogen and oxygen atoms in total. The second kappa shape index (κ2) is 13.2. The van der Waals surface area contributed by atoms with Gasteiger partial charge in [-0.15, -0.1) is 0 Å². The lowest BCUT2D eigenvalue weighted by Crippen LogP contribution is -2.49. The summed E-state index contributed by atoms with van der Waals surface area (Å²) in [7, 11) is 0. The molecule has 4 rings (SSSR count). The SMILES string of the molecule is Cc1c(OCCCCN2CCCCC2)ccc(C(C)N2CCN(C(=O)c3ccc(C(F)(F)F)cc3)CC2)c1C. The fraction of sp³-hybridized carbons (Fsp3) is 0.581. The highest BCUT2D eigenvalue weighted by Gasteiger charge is 2.31. The van der Waals surface area contributed by atoms with Crippen LogP contribution in [-0.4, -0.2) is 73.0 Å². The van der Waals surface area contributed by atoms with Crippen LogP contribution in [0.5, 0.6) is 5.75 Å². The smallest absolute Gasteiger partial charge is 0.416 e. The molecule has 2 aliphatic heterocycles. The van der Waals surface area contributed by atoms with Crippen molar-refractivity contribution in [2.24, 2.45) is 0 Å². The van der Waals surface area contributed by atoms with Crippen LogP contribution in [0.3, 0.4) is 0 Å². The zero-order chi connectivity index (χ0) is 28.0. The van der Waals surface area contributed by atoms with Crippen molar-refractivity contribution in [2.75, 3.05) is 52.4 Å². The first-order valence-electron chi connectivity index (χ1n) is 14.3. The van der Waals surface area contributed by atoms with Gasteiger partial charge in [0.15, 0.2) is 0 Å². The number of carbonyl (C=O) groups excluding carboxylic acids is 1. The summed E-state index contributed by atoms with van der Waals surface area (Å²) in [5.41, 5.74) is 3.21.